The third-order valence-electron chi connectivity index (χ3n) is 4.96. The fourth-order valence-electron chi connectivity index (χ4n) is 3.48. The molecule has 7 heteroatoms. The molecule has 0 aliphatic carbocycles. The predicted octanol–water partition coefficient (Wildman–Crippen LogP) is 4.32. The summed E-state index contributed by atoms with van der Waals surface area (Å²) in [6, 6.07) is 14.0. The van der Waals surface area contributed by atoms with Gasteiger partial charge in [0.05, 0.1) is 10.0 Å². The summed E-state index contributed by atoms with van der Waals surface area (Å²) in [5.74, 6) is 1.04. The molecular weight excluding hydrogens is 407 g/mol. The van der Waals surface area contributed by atoms with Gasteiger partial charge in [-0.05, 0) is 35.2 Å². The maximum atomic E-state index is 11.9. The van der Waals surface area contributed by atoms with E-state index in [9.17, 15) is 4.79 Å². The van der Waals surface area contributed by atoms with Gasteiger partial charge in [-0.2, -0.15) is 0 Å². The van der Waals surface area contributed by atoms with Crippen LogP contribution in [0.5, 0.6) is 0 Å². The summed E-state index contributed by atoms with van der Waals surface area (Å²) in [5.41, 5.74) is 3.36. The fraction of sp³-hybridized carbons (Fsp3) is 0.364. The van der Waals surface area contributed by atoms with Gasteiger partial charge in [0.25, 0.3) is 0 Å². The van der Waals surface area contributed by atoms with E-state index in [-0.39, 0.29) is 5.91 Å². The van der Waals surface area contributed by atoms with E-state index >= 15 is 0 Å². The summed E-state index contributed by atoms with van der Waals surface area (Å²) < 4.78 is 0. The first-order chi connectivity index (χ1) is 14.0. The van der Waals surface area contributed by atoms with E-state index in [1.807, 2.05) is 35.0 Å². The molecule has 1 amide bonds. The van der Waals surface area contributed by atoms with Crippen LogP contribution in [0.25, 0.3) is 0 Å². The highest BCUT2D eigenvalue weighted by atomic mass is 35.5. The van der Waals surface area contributed by atoms with Crippen molar-refractivity contribution in [3.63, 3.8) is 0 Å². The Hall–Kier alpha value is -2.24. The van der Waals surface area contributed by atoms with Gasteiger partial charge in [-0.15, -0.1) is 0 Å². The lowest BCUT2D eigenvalue weighted by Gasteiger charge is -2.22. The molecule has 1 N–H and O–H groups in total. The van der Waals surface area contributed by atoms with Crippen molar-refractivity contribution in [3.05, 3.63) is 69.2 Å². The Kier molecular flexibility index (Phi) is 7.40. The first kappa shape index (κ1) is 21.5. The van der Waals surface area contributed by atoms with Gasteiger partial charge in [0, 0.05) is 46.7 Å². The molecule has 5 nitrogen and oxygen atoms in total. The van der Waals surface area contributed by atoms with E-state index in [2.05, 4.69) is 28.5 Å². The number of benzene rings is 2. The minimum atomic E-state index is 0.248. The van der Waals surface area contributed by atoms with Crippen LogP contribution in [0.3, 0.4) is 0 Å². The number of likely N-dealkylation sites (tertiary alicyclic amines) is 1. The number of nitrogens with zero attached hydrogens (tertiary/aromatic N) is 3. The van der Waals surface area contributed by atoms with Crippen molar-refractivity contribution >= 4 is 35.1 Å². The highest BCUT2D eigenvalue weighted by Gasteiger charge is 2.20. The van der Waals surface area contributed by atoms with Crippen molar-refractivity contribution < 1.29 is 4.79 Å². The van der Waals surface area contributed by atoms with Gasteiger partial charge in [-0.1, -0.05) is 53.5 Å². The SMILES string of the molecule is CN=C(NCc1cccc(CN2CCCC2=O)c1)N(C)Cc1ccc(Cl)c(Cl)c1. The molecule has 1 aliphatic heterocycles. The third kappa shape index (κ3) is 5.87. The van der Waals surface area contributed by atoms with Crippen LogP contribution in [0.4, 0.5) is 0 Å². The molecule has 0 atom stereocenters. The average Bonchev–Trinajstić information content (AvgIpc) is 3.10. The van der Waals surface area contributed by atoms with Gasteiger partial charge in [-0.25, -0.2) is 0 Å². The van der Waals surface area contributed by atoms with E-state index < -0.39 is 0 Å². The number of carbonyl (C=O) groups is 1. The molecule has 1 aliphatic rings. The van der Waals surface area contributed by atoms with Crippen LogP contribution in [0.15, 0.2) is 47.5 Å². The average molecular weight is 433 g/mol. The molecule has 2 aromatic rings. The Balaban J connectivity index is 1.57. The van der Waals surface area contributed by atoms with Crippen LogP contribution in [0, 0.1) is 0 Å². The first-order valence-electron chi connectivity index (χ1n) is 9.67. The van der Waals surface area contributed by atoms with Gasteiger partial charge in [-0.3, -0.25) is 9.79 Å². The van der Waals surface area contributed by atoms with E-state index in [4.69, 9.17) is 23.2 Å². The van der Waals surface area contributed by atoms with Crippen LogP contribution < -0.4 is 5.32 Å². The molecule has 154 valence electrons. The Morgan fingerprint density at radius 3 is 2.62 bits per heavy atom. The second kappa shape index (κ2) is 9.99. The zero-order chi connectivity index (χ0) is 20.8. The topological polar surface area (TPSA) is 47.9 Å². The van der Waals surface area contributed by atoms with Crippen LogP contribution in [-0.2, 0) is 24.4 Å². The summed E-state index contributed by atoms with van der Waals surface area (Å²) in [4.78, 5) is 20.2. The van der Waals surface area contributed by atoms with Gasteiger partial charge >= 0.3 is 0 Å². The number of rotatable bonds is 6. The largest absolute Gasteiger partial charge is 0.352 e. The van der Waals surface area contributed by atoms with Gasteiger partial charge < -0.3 is 15.1 Å². The molecule has 1 fully saturated rings. The zero-order valence-corrected chi connectivity index (χ0v) is 18.3. The van der Waals surface area contributed by atoms with Gasteiger partial charge in [0.15, 0.2) is 5.96 Å². The molecular formula is C22H26Cl2N4O. The first-order valence-corrected chi connectivity index (χ1v) is 10.4. The Labute approximate surface area is 182 Å². The highest BCUT2D eigenvalue weighted by molar-refractivity contribution is 6.42. The van der Waals surface area contributed by atoms with Crippen molar-refractivity contribution in [3.8, 4) is 0 Å². The van der Waals surface area contributed by atoms with E-state index in [1.54, 1.807) is 13.1 Å². The summed E-state index contributed by atoms with van der Waals surface area (Å²) >= 11 is 12.1. The summed E-state index contributed by atoms with van der Waals surface area (Å²) in [7, 11) is 3.75. The maximum absolute atomic E-state index is 11.9. The monoisotopic (exact) mass is 432 g/mol. The van der Waals surface area contributed by atoms with E-state index in [1.165, 1.54) is 0 Å². The van der Waals surface area contributed by atoms with Crippen LogP contribution in [-0.4, -0.2) is 42.3 Å². The lowest BCUT2D eigenvalue weighted by atomic mass is 10.1. The zero-order valence-electron chi connectivity index (χ0n) is 16.8. The summed E-state index contributed by atoms with van der Waals surface area (Å²) in [6.45, 7) is 2.85. The smallest absolute Gasteiger partial charge is 0.222 e. The van der Waals surface area contributed by atoms with Crippen molar-refractivity contribution in [2.45, 2.75) is 32.5 Å². The van der Waals surface area contributed by atoms with Crippen LogP contribution in [0.2, 0.25) is 10.0 Å². The molecule has 0 saturated carbocycles. The molecule has 0 unspecified atom stereocenters. The number of hydrogen-bond donors (Lipinski definition) is 1. The number of nitrogens with one attached hydrogen (secondary N) is 1. The molecule has 1 heterocycles. The lowest BCUT2D eigenvalue weighted by molar-refractivity contribution is -0.128. The Morgan fingerprint density at radius 1 is 1.14 bits per heavy atom. The molecule has 0 spiro atoms. The van der Waals surface area contributed by atoms with Crippen molar-refractivity contribution in [1.82, 2.24) is 15.1 Å². The lowest BCUT2D eigenvalue weighted by Crippen LogP contribution is -2.38. The molecule has 1 saturated heterocycles. The van der Waals surface area contributed by atoms with Crippen molar-refractivity contribution in [2.75, 3.05) is 20.6 Å². The standard InChI is InChI=1S/C22H26Cl2N4O/c1-25-22(27(2)14-18-8-9-19(23)20(24)12-18)26-13-16-5-3-6-17(11-16)15-28-10-4-7-21(28)29/h3,5-6,8-9,11-12H,4,7,10,13-15H2,1-2H3,(H,25,26). The Bertz CT molecular complexity index is 900. The molecule has 3 rings (SSSR count). The number of carbonyl (C=O) groups excluding carboxylic acids is 1. The van der Waals surface area contributed by atoms with Gasteiger partial charge in [0.2, 0.25) is 5.91 Å². The van der Waals surface area contributed by atoms with Crippen LogP contribution >= 0.6 is 23.2 Å². The number of amides is 1. The molecule has 0 radical (unpaired) electrons. The molecule has 29 heavy (non-hydrogen) atoms. The van der Waals surface area contributed by atoms with E-state index in [0.717, 1.165) is 35.6 Å². The van der Waals surface area contributed by atoms with Crippen molar-refractivity contribution in [2.24, 2.45) is 4.99 Å². The third-order valence-corrected chi connectivity index (χ3v) is 5.70. The summed E-state index contributed by atoms with van der Waals surface area (Å²) in [6.07, 6.45) is 1.63. The normalized spacial score (nSPS) is 14.4. The predicted molar refractivity (Wildman–Crippen MR) is 119 cm³/mol. The van der Waals surface area contributed by atoms with Gasteiger partial charge in [0.1, 0.15) is 0 Å². The highest BCUT2D eigenvalue weighted by Crippen LogP contribution is 2.23. The maximum Gasteiger partial charge on any atom is 0.222 e. The number of halogens is 2. The Morgan fingerprint density at radius 2 is 1.93 bits per heavy atom. The molecule has 2 aromatic carbocycles. The number of aliphatic imine (C=N–C) groups is 1. The summed E-state index contributed by atoms with van der Waals surface area (Å²) in [5, 5.41) is 4.50. The minimum absolute atomic E-state index is 0.248. The fourth-order valence-corrected chi connectivity index (χ4v) is 3.80. The van der Waals surface area contributed by atoms with Crippen molar-refractivity contribution in [1.29, 1.82) is 0 Å². The number of guanidine groups is 1. The van der Waals surface area contributed by atoms with E-state index in [0.29, 0.717) is 36.1 Å². The molecule has 0 bridgehead atoms. The minimum Gasteiger partial charge on any atom is -0.352 e. The quantitative estimate of drug-likeness (QED) is 0.545. The van der Waals surface area contributed by atoms with Crippen LogP contribution in [0.1, 0.15) is 29.5 Å². The second-order valence-electron chi connectivity index (χ2n) is 7.24. The number of hydrogen-bond acceptors (Lipinski definition) is 2. The molecule has 0 aromatic heterocycles. The second-order valence-corrected chi connectivity index (χ2v) is 8.06.